The average Bonchev–Trinajstić information content (AvgIpc) is 2.51. The van der Waals surface area contributed by atoms with Gasteiger partial charge in [0.1, 0.15) is 0 Å². The van der Waals surface area contributed by atoms with Gasteiger partial charge in [-0.3, -0.25) is 9.59 Å². The molecule has 0 fully saturated rings. The zero-order valence-electron chi connectivity index (χ0n) is 10.2. The monoisotopic (exact) mass is 373 g/mol. The maximum absolute atomic E-state index is 12.0. The number of halogens is 2. The number of carbonyl (C=O) groups excluding carboxylic acids is 2. The summed E-state index contributed by atoms with van der Waals surface area (Å²) in [6.07, 6.45) is 0.876. The van der Waals surface area contributed by atoms with Crippen LogP contribution in [0.15, 0.2) is 21.1 Å². The van der Waals surface area contributed by atoms with Crippen LogP contribution in [0, 0.1) is 5.92 Å². The standard InChI is InChI=1S/C13H13Br2NO2/c1-7(2)3-4-16-11-9(12(17)13(16)18)5-8(14)6-10(11)15/h5-7H,3-4H2,1-2H3. The molecule has 5 heteroatoms. The lowest BCUT2D eigenvalue weighted by molar-refractivity contribution is -0.114. The Morgan fingerprint density at radius 3 is 2.50 bits per heavy atom. The normalized spacial score (nSPS) is 14.6. The largest absolute Gasteiger partial charge is 0.304 e. The molecule has 0 atom stereocenters. The van der Waals surface area contributed by atoms with Gasteiger partial charge < -0.3 is 4.90 Å². The molecule has 0 aromatic heterocycles. The topological polar surface area (TPSA) is 37.4 Å². The Balaban J connectivity index is 2.42. The molecule has 0 unspecified atom stereocenters. The first-order chi connectivity index (χ1) is 8.41. The highest BCUT2D eigenvalue weighted by atomic mass is 79.9. The van der Waals surface area contributed by atoms with Gasteiger partial charge in [-0.1, -0.05) is 29.8 Å². The summed E-state index contributed by atoms with van der Waals surface area (Å²) in [6.45, 7) is 4.77. The molecule has 0 N–H and O–H groups in total. The second-order valence-electron chi connectivity index (χ2n) is 4.75. The fourth-order valence-electron chi connectivity index (χ4n) is 1.95. The SMILES string of the molecule is CC(C)CCN1C(=O)C(=O)c2cc(Br)cc(Br)c21. The molecule has 0 saturated carbocycles. The summed E-state index contributed by atoms with van der Waals surface area (Å²) in [5.74, 6) is -0.355. The second kappa shape index (κ2) is 5.13. The number of Topliss-reactive ketones (excluding diaryl/α,β-unsaturated/α-hetero) is 1. The Bertz CT molecular complexity index is 526. The van der Waals surface area contributed by atoms with Crippen LogP contribution in [0.25, 0.3) is 0 Å². The van der Waals surface area contributed by atoms with E-state index in [0.717, 1.165) is 15.4 Å². The summed E-state index contributed by atoms with van der Waals surface area (Å²) < 4.78 is 1.56. The van der Waals surface area contributed by atoms with Crippen molar-refractivity contribution in [3.8, 4) is 0 Å². The molecular weight excluding hydrogens is 362 g/mol. The molecule has 18 heavy (non-hydrogen) atoms. The van der Waals surface area contributed by atoms with E-state index in [-0.39, 0.29) is 0 Å². The van der Waals surface area contributed by atoms with Crippen LogP contribution in [0.1, 0.15) is 30.6 Å². The first-order valence-electron chi connectivity index (χ1n) is 5.77. The fourth-order valence-corrected chi connectivity index (χ4v) is 3.39. The number of rotatable bonds is 3. The van der Waals surface area contributed by atoms with E-state index in [2.05, 4.69) is 45.7 Å². The molecule has 1 amide bonds. The van der Waals surface area contributed by atoms with Crippen molar-refractivity contribution in [2.24, 2.45) is 5.92 Å². The van der Waals surface area contributed by atoms with Crippen molar-refractivity contribution in [1.29, 1.82) is 0 Å². The van der Waals surface area contributed by atoms with E-state index in [1.807, 2.05) is 6.07 Å². The smallest absolute Gasteiger partial charge is 0.299 e. The van der Waals surface area contributed by atoms with Crippen LogP contribution in [-0.4, -0.2) is 18.2 Å². The first-order valence-corrected chi connectivity index (χ1v) is 7.35. The minimum Gasteiger partial charge on any atom is -0.304 e. The second-order valence-corrected chi connectivity index (χ2v) is 6.52. The van der Waals surface area contributed by atoms with Gasteiger partial charge in [0.2, 0.25) is 0 Å². The molecule has 0 bridgehead atoms. The number of anilines is 1. The summed E-state index contributed by atoms with van der Waals surface area (Å²) in [6, 6.07) is 3.56. The number of nitrogens with zero attached hydrogens (tertiary/aromatic N) is 1. The maximum atomic E-state index is 12.0. The number of hydrogen-bond acceptors (Lipinski definition) is 2. The van der Waals surface area contributed by atoms with Gasteiger partial charge in [-0.05, 0) is 40.4 Å². The maximum Gasteiger partial charge on any atom is 0.299 e. The summed E-state index contributed by atoms with van der Waals surface area (Å²) in [5.41, 5.74) is 1.18. The highest BCUT2D eigenvalue weighted by molar-refractivity contribution is 9.11. The number of amides is 1. The van der Waals surface area contributed by atoms with Crippen LogP contribution in [0.2, 0.25) is 0 Å². The zero-order chi connectivity index (χ0) is 13.4. The Morgan fingerprint density at radius 1 is 1.22 bits per heavy atom. The van der Waals surface area contributed by atoms with Gasteiger partial charge in [-0.15, -0.1) is 0 Å². The first kappa shape index (κ1) is 13.7. The van der Waals surface area contributed by atoms with Crippen LogP contribution >= 0.6 is 31.9 Å². The minimum absolute atomic E-state index is 0.421. The predicted octanol–water partition coefficient (Wildman–Crippen LogP) is 3.79. The highest BCUT2D eigenvalue weighted by Gasteiger charge is 2.37. The van der Waals surface area contributed by atoms with Crippen LogP contribution in [0.5, 0.6) is 0 Å². The lowest BCUT2D eigenvalue weighted by Crippen LogP contribution is -2.31. The molecule has 2 rings (SSSR count). The van der Waals surface area contributed by atoms with Gasteiger partial charge in [0.25, 0.3) is 11.7 Å². The fraction of sp³-hybridized carbons (Fsp3) is 0.385. The van der Waals surface area contributed by atoms with Crippen molar-refractivity contribution in [3.05, 3.63) is 26.6 Å². The van der Waals surface area contributed by atoms with Gasteiger partial charge in [0, 0.05) is 15.5 Å². The molecule has 0 radical (unpaired) electrons. The van der Waals surface area contributed by atoms with E-state index in [1.54, 1.807) is 11.0 Å². The number of ketones is 1. The van der Waals surface area contributed by atoms with Crippen LogP contribution in [0.3, 0.4) is 0 Å². The molecule has 1 aliphatic rings. The summed E-state index contributed by atoms with van der Waals surface area (Å²) in [4.78, 5) is 25.5. The predicted molar refractivity (Wildman–Crippen MR) is 78.0 cm³/mol. The summed E-state index contributed by atoms with van der Waals surface area (Å²) in [5, 5.41) is 0. The number of hydrogen-bond donors (Lipinski definition) is 0. The summed E-state index contributed by atoms with van der Waals surface area (Å²) in [7, 11) is 0. The third kappa shape index (κ3) is 2.38. The van der Waals surface area contributed by atoms with Crippen molar-refractivity contribution < 1.29 is 9.59 Å². The highest BCUT2D eigenvalue weighted by Crippen LogP contribution is 2.38. The number of carbonyl (C=O) groups is 2. The van der Waals surface area contributed by atoms with Crippen molar-refractivity contribution in [3.63, 3.8) is 0 Å². The molecule has 3 nitrogen and oxygen atoms in total. The van der Waals surface area contributed by atoms with Crippen molar-refractivity contribution in [2.75, 3.05) is 11.4 Å². The Labute approximate surface area is 123 Å². The van der Waals surface area contributed by atoms with Crippen molar-refractivity contribution in [2.45, 2.75) is 20.3 Å². The number of fused-ring (bicyclic) bond motifs is 1. The van der Waals surface area contributed by atoms with E-state index in [4.69, 9.17) is 0 Å². The molecule has 1 aromatic carbocycles. The van der Waals surface area contributed by atoms with Gasteiger partial charge in [0.15, 0.2) is 0 Å². The molecular formula is C13H13Br2NO2. The van der Waals surface area contributed by atoms with Crippen molar-refractivity contribution in [1.82, 2.24) is 0 Å². The van der Waals surface area contributed by atoms with Crippen LogP contribution < -0.4 is 4.90 Å². The minimum atomic E-state index is -0.426. The van der Waals surface area contributed by atoms with Crippen LogP contribution in [-0.2, 0) is 4.79 Å². The van der Waals surface area contributed by atoms with E-state index >= 15 is 0 Å². The molecule has 0 aliphatic carbocycles. The lowest BCUT2D eigenvalue weighted by atomic mass is 10.1. The van der Waals surface area contributed by atoms with E-state index in [0.29, 0.717) is 23.7 Å². The molecule has 1 heterocycles. The Morgan fingerprint density at radius 2 is 1.89 bits per heavy atom. The third-order valence-corrected chi connectivity index (χ3v) is 3.97. The van der Waals surface area contributed by atoms with Crippen molar-refractivity contribution >= 4 is 49.2 Å². The van der Waals surface area contributed by atoms with Gasteiger partial charge in [-0.2, -0.15) is 0 Å². The lowest BCUT2D eigenvalue weighted by Gasteiger charge is -2.19. The Hall–Kier alpha value is -0.680. The molecule has 0 spiro atoms. The van der Waals surface area contributed by atoms with E-state index in [9.17, 15) is 9.59 Å². The molecule has 1 aliphatic heterocycles. The van der Waals surface area contributed by atoms with Gasteiger partial charge in [0.05, 0.1) is 11.3 Å². The zero-order valence-corrected chi connectivity index (χ0v) is 13.3. The molecule has 1 aromatic rings. The molecule has 0 saturated heterocycles. The summed E-state index contributed by atoms with van der Waals surface area (Å²) >= 11 is 6.76. The van der Waals surface area contributed by atoms with Gasteiger partial charge in [-0.25, -0.2) is 0 Å². The third-order valence-electron chi connectivity index (χ3n) is 2.91. The number of benzene rings is 1. The van der Waals surface area contributed by atoms with Crippen LogP contribution in [0.4, 0.5) is 5.69 Å². The Kier molecular flexibility index (Phi) is 3.92. The van der Waals surface area contributed by atoms with E-state index < -0.39 is 11.7 Å². The quantitative estimate of drug-likeness (QED) is 0.755. The van der Waals surface area contributed by atoms with Gasteiger partial charge >= 0.3 is 0 Å². The van der Waals surface area contributed by atoms with E-state index in [1.165, 1.54) is 0 Å². The average molecular weight is 375 g/mol. The molecule has 96 valence electrons.